The zero-order chi connectivity index (χ0) is 19.8. The predicted octanol–water partition coefficient (Wildman–Crippen LogP) is 4.52. The third-order valence-corrected chi connectivity index (χ3v) is 4.27. The summed E-state index contributed by atoms with van der Waals surface area (Å²) in [5.74, 6) is -0.641. The number of halogens is 4. The molecule has 0 aliphatic carbocycles. The highest BCUT2D eigenvalue weighted by atomic mass is 35.5. The third-order valence-electron chi connectivity index (χ3n) is 3.92. The molecule has 0 aliphatic rings. The van der Waals surface area contributed by atoms with Gasteiger partial charge in [-0.15, -0.1) is 0 Å². The zero-order valence-corrected chi connectivity index (χ0v) is 15.3. The fourth-order valence-electron chi connectivity index (χ4n) is 2.53. The second-order valence-electron chi connectivity index (χ2n) is 6.04. The first kappa shape index (κ1) is 19.2. The maximum absolute atomic E-state index is 13.6. The van der Waals surface area contributed by atoms with Crippen molar-refractivity contribution in [3.05, 3.63) is 52.3 Å². The van der Waals surface area contributed by atoms with E-state index in [0.717, 1.165) is 11.6 Å². The minimum atomic E-state index is -4.70. The van der Waals surface area contributed by atoms with Crippen LogP contribution in [0.3, 0.4) is 0 Å². The molecule has 1 aromatic carbocycles. The Hall–Kier alpha value is -2.61. The van der Waals surface area contributed by atoms with E-state index in [9.17, 15) is 18.0 Å². The van der Waals surface area contributed by atoms with Crippen LogP contribution in [0.15, 0.2) is 30.3 Å². The quantitative estimate of drug-likeness (QED) is 0.705. The van der Waals surface area contributed by atoms with Gasteiger partial charge in [-0.1, -0.05) is 48.4 Å². The Morgan fingerprint density at radius 3 is 2.52 bits per heavy atom. The lowest BCUT2D eigenvalue weighted by Gasteiger charge is -2.11. The molecule has 2 aromatic heterocycles. The standard InChI is InChI=1S/C18H16ClF3N4O/c1-3-8-23-17(27)15-14(19)16-24-12(11-6-4-10(2)5-7-11)9-13(18(20,21)22)26(16)25-15/h4-7,9H,3,8H2,1-2H3,(H,23,27). The molecule has 9 heteroatoms. The zero-order valence-electron chi connectivity index (χ0n) is 14.6. The van der Waals surface area contributed by atoms with E-state index < -0.39 is 17.8 Å². The van der Waals surface area contributed by atoms with E-state index in [2.05, 4.69) is 15.4 Å². The number of hydrogen-bond donors (Lipinski definition) is 1. The summed E-state index contributed by atoms with van der Waals surface area (Å²) in [6, 6.07) is 7.79. The van der Waals surface area contributed by atoms with Gasteiger partial charge in [0, 0.05) is 12.1 Å². The van der Waals surface area contributed by atoms with Gasteiger partial charge in [0.1, 0.15) is 5.02 Å². The lowest BCUT2D eigenvalue weighted by Crippen LogP contribution is -2.24. The number of amides is 1. The van der Waals surface area contributed by atoms with Gasteiger partial charge in [0.15, 0.2) is 17.0 Å². The van der Waals surface area contributed by atoms with Gasteiger partial charge < -0.3 is 5.32 Å². The average molecular weight is 397 g/mol. The van der Waals surface area contributed by atoms with Crippen LogP contribution in [0, 0.1) is 6.92 Å². The van der Waals surface area contributed by atoms with Crippen LogP contribution in [0.1, 0.15) is 35.1 Å². The molecule has 0 unspecified atom stereocenters. The maximum Gasteiger partial charge on any atom is 0.433 e. The minimum absolute atomic E-state index is 0.0946. The van der Waals surface area contributed by atoms with Crippen molar-refractivity contribution < 1.29 is 18.0 Å². The van der Waals surface area contributed by atoms with E-state index in [1.54, 1.807) is 24.3 Å². The summed E-state index contributed by atoms with van der Waals surface area (Å²) >= 11 is 6.16. The van der Waals surface area contributed by atoms with Gasteiger partial charge in [-0.25, -0.2) is 9.50 Å². The summed E-state index contributed by atoms with van der Waals surface area (Å²) in [7, 11) is 0. The summed E-state index contributed by atoms with van der Waals surface area (Å²) in [6.07, 6.45) is -4.03. The highest BCUT2D eigenvalue weighted by Gasteiger charge is 2.36. The van der Waals surface area contributed by atoms with E-state index >= 15 is 0 Å². The first-order valence-corrected chi connectivity index (χ1v) is 8.62. The number of benzene rings is 1. The summed E-state index contributed by atoms with van der Waals surface area (Å²) in [6.45, 7) is 4.08. The molecule has 1 amide bonds. The monoisotopic (exact) mass is 396 g/mol. The van der Waals surface area contributed by atoms with Crippen molar-refractivity contribution in [2.24, 2.45) is 0 Å². The molecule has 0 spiro atoms. The molecule has 1 N–H and O–H groups in total. The second-order valence-corrected chi connectivity index (χ2v) is 6.42. The highest BCUT2D eigenvalue weighted by Crippen LogP contribution is 2.34. The lowest BCUT2D eigenvalue weighted by molar-refractivity contribution is -0.142. The Kier molecular flexibility index (Phi) is 5.10. The van der Waals surface area contributed by atoms with Crippen LogP contribution in [0.2, 0.25) is 5.02 Å². The molecule has 0 radical (unpaired) electrons. The smallest absolute Gasteiger partial charge is 0.351 e. The molecule has 2 heterocycles. The molecule has 3 rings (SSSR count). The van der Waals surface area contributed by atoms with E-state index in [-0.39, 0.29) is 22.1 Å². The molecule has 0 fully saturated rings. The number of aryl methyl sites for hydroxylation is 1. The van der Waals surface area contributed by atoms with Crippen molar-refractivity contribution in [3.63, 3.8) is 0 Å². The van der Waals surface area contributed by atoms with Crippen molar-refractivity contribution in [2.45, 2.75) is 26.4 Å². The highest BCUT2D eigenvalue weighted by molar-refractivity contribution is 6.36. The van der Waals surface area contributed by atoms with Crippen LogP contribution in [0.5, 0.6) is 0 Å². The topological polar surface area (TPSA) is 59.3 Å². The molecule has 0 saturated carbocycles. The number of alkyl halides is 3. The van der Waals surface area contributed by atoms with E-state index in [0.29, 0.717) is 23.0 Å². The predicted molar refractivity (Wildman–Crippen MR) is 95.8 cm³/mol. The third kappa shape index (κ3) is 3.75. The molecular weight excluding hydrogens is 381 g/mol. The normalized spacial score (nSPS) is 11.8. The maximum atomic E-state index is 13.6. The molecule has 0 bridgehead atoms. The number of carbonyl (C=O) groups is 1. The van der Waals surface area contributed by atoms with Gasteiger partial charge in [0.2, 0.25) is 0 Å². The van der Waals surface area contributed by atoms with Crippen LogP contribution in [0.4, 0.5) is 13.2 Å². The van der Waals surface area contributed by atoms with Crippen LogP contribution < -0.4 is 5.32 Å². The van der Waals surface area contributed by atoms with Crippen molar-refractivity contribution in [3.8, 4) is 11.3 Å². The Bertz CT molecular complexity index is 996. The number of nitrogens with zero attached hydrogens (tertiary/aromatic N) is 3. The van der Waals surface area contributed by atoms with E-state index in [4.69, 9.17) is 11.6 Å². The number of hydrogen-bond acceptors (Lipinski definition) is 3. The summed E-state index contributed by atoms with van der Waals surface area (Å²) in [4.78, 5) is 16.4. The van der Waals surface area contributed by atoms with Crippen molar-refractivity contribution in [1.82, 2.24) is 19.9 Å². The van der Waals surface area contributed by atoms with Gasteiger partial charge in [0.25, 0.3) is 5.91 Å². The Balaban J connectivity index is 2.22. The molecule has 3 aromatic rings. The Labute approximate surface area is 158 Å². The minimum Gasteiger partial charge on any atom is -0.351 e. The Morgan fingerprint density at radius 2 is 1.93 bits per heavy atom. The largest absolute Gasteiger partial charge is 0.433 e. The van der Waals surface area contributed by atoms with Crippen LogP contribution in [0.25, 0.3) is 16.9 Å². The van der Waals surface area contributed by atoms with Gasteiger partial charge in [-0.05, 0) is 19.4 Å². The average Bonchev–Trinajstić information content (AvgIpc) is 2.95. The second kappa shape index (κ2) is 7.19. The van der Waals surface area contributed by atoms with Crippen molar-refractivity contribution in [2.75, 3.05) is 6.54 Å². The Morgan fingerprint density at radius 1 is 1.26 bits per heavy atom. The van der Waals surface area contributed by atoms with Crippen LogP contribution in [-0.2, 0) is 6.18 Å². The molecule has 0 atom stereocenters. The van der Waals surface area contributed by atoms with Crippen molar-refractivity contribution in [1.29, 1.82) is 0 Å². The molecule has 5 nitrogen and oxygen atoms in total. The summed E-state index contributed by atoms with van der Waals surface area (Å²) < 4.78 is 41.3. The van der Waals surface area contributed by atoms with E-state index in [1.165, 1.54) is 0 Å². The number of rotatable bonds is 4. The summed E-state index contributed by atoms with van der Waals surface area (Å²) in [5, 5.41) is 6.10. The first-order valence-electron chi connectivity index (χ1n) is 8.24. The van der Waals surface area contributed by atoms with Crippen LogP contribution in [-0.4, -0.2) is 27.0 Å². The number of carbonyl (C=O) groups excluding carboxylic acids is 1. The first-order chi connectivity index (χ1) is 12.7. The number of fused-ring (bicyclic) bond motifs is 1. The molecule has 0 saturated heterocycles. The molecule has 27 heavy (non-hydrogen) atoms. The van der Waals surface area contributed by atoms with E-state index in [1.807, 2.05) is 13.8 Å². The van der Waals surface area contributed by atoms with Gasteiger partial charge >= 0.3 is 6.18 Å². The number of aromatic nitrogens is 3. The fourth-order valence-corrected chi connectivity index (χ4v) is 2.78. The van der Waals surface area contributed by atoms with Crippen molar-refractivity contribution >= 4 is 23.2 Å². The molecule has 142 valence electrons. The lowest BCUT2D eigenvalue weighted by atomic mass is 10.1. The number of nitrogens with one attached hydrogen (secondary N) is 1. The van der Waals surface area contributed by atoms with Gasteiger partial charge in [0.05, 0.1) is 5.69 Å². The van der Waals surface area contributed by atoms with Gasteiger partial charge in [-0.2, -0.15) is 18.3 Å². The van der Waals surface area contributed by atoms with Crippen LogP contribution >= 0.6 is 11.6 Å². The fraction of sp³-hybridized carbons (Fsp3) is 0.278. The molecular formula is C18H16ClF3N4O. The SMILES string of the molecule is CCCNC(=O)c1nn2c(C(F)(F)F)cc(-c3ccc(C)cc3)nc2c1Cl. The summed E-state index contributed by atoms with van der Waals surface area (Å²) in [5.41, 5.74) is 0.000497. The van der Waals surface area contributed by atoms with Gasteiger partial charge in [-0.3, -0.25) is 4.79 Å². The molecule has 0 aliphatic heterocycles.